The summed E-state index contributed by atoms with van der Waals surface area (Å²) in [6, 6.07) is 9.05. The van der Waals surface area contributed by atoms with Crippen molar-refractivity contribution in [1.82, 2.24) is 10.2 Å². The number of sulfonamides is 1. The van der Waals surface area contributed by atoms with Crippen LogP contribution in [-0.4, -0.2) is 18.6 Å². The topological polar surface area (TPSA) is 72.0 Å². The van der Waals surface area contributed by atoms with Gasteiger partial charge < -0.3 is 0 Å². The fourth-order valence-electron chi connectivity index (χ4n) is 2.15. The summed E-state index contributed by atoms with van der Waals surface area (Å²) < 4.78 is 42.1. The molecule has 0 radical (unpaired) electrons. The molecule has 5 nitrogen and oxygen atoms in total. The molecule has 2 aromatic carbocycles. The van der Waals surface area contributed by atoms with E-state index in [1.165, 1.54) is 24.3 Å². The van der Waals surface area contributed by atoms with Crippen LogP contribution in [0.4, 0.5) is 9.52 Å². The summed E-state index contributed by atoms with van der Waals surface area (Å²) >= 11 is 10.2. The lowest BCUT2D eigenvalue weighted by molar-refractivity contribution is 0.600. The second kappa shape index (κ2) is 6.99. The number of hydrogen-bond acceptors (Lipinski definition) is 5. The number of aromatic nitrogens is 2. The molecule has 10 heteroatoms. The summed E-state index contributed by atoms with van der Waals surface area (Å²) in [6.45, 7) is 1.68. The van der Waals surface area contributed by atoms with Crippen LogP contribution in [0.3, 0.4) is 0 Å². The zero-order chi connectivity index (χ0) is 18.2. The highest BCUT2D eigenvalue weighted by atomic mass is 79.9. The second-order valence-electron chi connectivity index (χ2n) is 5.02. The van der Waals surface area contributed by atoms with Gasteiger partial charge in [-0.1, -0.05) is 44.9 Å². The van der Waals surface area contributed by atoms with Crippen LogP contribution < -0.4 is 4.72 Å². The molecule has 0 fully saturated rings. The van der Waals surface area contributed by atoms with Gasteiger partial charge in [-0.25, -0.2) is 12.8 Å². The minimum Gasteiger partial charge on any atom is -0.253 e. The van der Waals surface area contributed by atoms with Gasteiger partial charge in [-0.3, -0.25) is 4.72 Å². The number of nitrogens with one attached hydrogen (secondary N) is 1. The van der Waals surface area contributed by atoms with E-state index in [4.69, 9.17) is 11.6 Å². The van der Waals surface area contributed by atoms with Crippen LogP contribution in [0.1, 0.15) is 5.56 Å². The molecule has 0 aliphatic heterocycles. The van der Waals surface area contributed by atoms with E-state index in [-0.39, 0.29) is 25.6 Å². The normalized spacial score (nSPS) is 11.5. The van der Waals surface area contributed by atoms with Gasteiger partial charge >= 0.3 is 0 Å². The van der Waals surface area contributed by atoms with Gasteiger partial charge in [0.25, 0.3) is 10.0 Å². The molecule has 1 N–H and O–H groups in total. The molecule has 0 unspecified atom stereocenters. The number of hydrogen-bond donors (Lipinski definition) is 1. The van der Waals surface area contributed by atoms with Gasteiger partial charge in [0.15, 0.2) is 5.01 Å². The van der Waals surface area contributed by atoms with Gasteiger partial charge in [-0.05, 0) is 42.8 Å². The van der Waals surface area contributed by atoms with E-state index in [0.29, 0.717) is 5.56 Å². The molecule has 1 aromatic heterocycles. The van der Waals surface area contributed by atoms with Crippen LogP contribution >= 0.6 is 38.9 Å². The predicted molar refractivity (Wildman–Crippen MR) is 100 cm³/mol. The lowest BCUT2D eigenvalue weighted by Crippen LogP contribution is -2.14. The molecule has 25 heavy (non-hydrogen) atoms. The first-order valence-corrected chi connectivity index (χ1v) is 10.3. The van der Waals surface area contributed by atoms with Crippen molar-refractivity contribution in [2.24, 2.45) is 0 Å². The largest absolute Gasteiger partial charge is 0.263 e. The minimum absolute atomic E-state index is 0.0247. The number of anilines is 1. The Bertz CT molecular complexity index is 1040. The molecule has 0 aliphatic rings. The second-order valence-corrected chi connectivity index (χ2v) is 8.98. The van der Waals surface area contributed by atoms with Gasteiger partial charge in [0.1, 0.15) is 5.82 Å². The van der Waals surface area contributed by atoms with Crippen LogP contribution in [0.2, 0.25) is 5.02 Å². The van der Waals surface area contributed by atoms with Crippen LogP contribution in [0.25, 0.3) is 10.6 Å². The Labute approximate surface area is 161 Å². The van der Waals surface area contributed by atoms with Crippen molar-refractivity contribution in [3.63, 3.8) is 0 Å². The smallest absolute Gasteiger partial charge is 0.253 e. The first-order chi connectivity index (χ1) is 11.8. The zero-order valence-corrected chi connectivity index (χ0v) is 16.6. The van der Waals surface area contributed by atoms with E-state index in [2.05, 4.69) is 30.8 Å². The highest BCUT2D eigenvalue weighted by Crippen LogP contribution is 2.34. The summed E-state index contributed by atoms with van der Waals surface area (Å²) in [4.78, 5) is 0.122. The maximum Gasteiger partial charge on any atom is 0.263 e. The summed E-state index contributed by atoms with van der Waals surface area (Å²) in [5.74, 6) is -0.554. The van der Waals surface area contributed by atoms with Gasteiger partial charge in [-0.15, -0.1) is 10.2 Å². The van der Waals surface area contributed by atoms with Crippen molar-refractivity contribution >= 4 is 54.0 Å². The highest BCUT2D eigenvalue weighted by molar-refractivity contribution is 9.10. The monoisotopic (exact) mass is 461 g/mol. The molecule has 0 amide bonds. The molecule has 3 rings (SSSR count). The van der Waals surface area contributed by atoms with Crippen molar-refractivity contribution in [1.29, 1.82) is 0 Å². The predicted octanol–water partition coefficient (Wildman–Crippen LogP) is 4.87. The Kier molecular flexibility index (Phi) is 5.10. The minimum atomic E-state index is -3.84. The molecule has 130 valence electrons. The lowest BCUT2D eigenvalue weighted by Gasteiger charge is -2.08. The highest BCUT2D eigenvalue weighted by Gasteiger charge is 2.21. The van der Waals surface area contributed by atoms with E-state index < -0.39 is 15.8 Å². The summed E-state index contributed by atoms with van der Waals surface area (Å²) in [6.07, 6.45) is 0. The molecular weight excluding hydrogens is 453 g/mol. The van der Waals surface area contributed by atoms with Crippen molar-refractivity contribution in [2.45, 2.75) is 11.8 Å². The number of halogens is 3. The molecule has 3 aromatic rings. The van der Waals surface area contributed by atoms with Crippen molar-refractivity contribution in [2.75, 3.05) is 4.72 Å². The average molecular weight is 463 g/mol. The number of nitrogens with zero attached hydrogens (tertiary/aromatic N) is 2. The maximum absolute atomic E-state index is 14.0. The molecule has 0 saturated carbocycles. The first-order valence-electron chi connectivity index (χ1n) is 6.85. The van der Waals surface area contributed by atoms with Crippen molar-refractivity contribution in [3.8, 4) is 10.6 Å². The maximum atomic E-state index is 14.0. The Morgan fingerprint density at radius 3 is 2.68 bits per heavy atom. The van der Waals surface area contributed by atoms with Crippen molar-refractivity contribution in [3.05, 3.63) is 57.3 Å². The van der Waals surface area contributed by atoms with E-state index >= 15 is 0 Å². The summed E-state index contributed by atoms with van der Waals surface area (Å²) in [5, 5.41) is 8.00. The molecule has 0 spiro atoms. The third-order valence-corrected chi connectivity index (χ3v) is 6.54. The average Bonchev–Trinajstić information content (AvgIpc) is 2.94. The van der Waals surface area contributed by atoms with Crippen LogP contribution in [0.5, 0.6) is 0 Å². The van der Waals surface area contributed by atoms with E-state index in [9.17, 15) is 12.8 Å². The third kappa shape index (κ3) is 3.84. The third-order valence-electron chi connectivity index (χ3n) is 3.25. The first kappa shape index (κ1) is 18.2. The fraction of sp³-hybridized carbons (Fsp3) is 0.0667. The zero-order valence-electron chi connectivity index (χ0n) is 12.6. The Morgan fingerprint density at radius 2 is 2.00 bits per heavy atom. The van der Waals surface area contributed by atoms with E-state index in [1.54, 1.807) is 19.1 Å². The Morgan fingerprint density at radius 1 is 1.24 bits per heavy atom. The number of rotatable bonds is 4. The fourth-order valence-corrected chi connectivity index (χ4v) is 5.20. The summed E-state index contributed by atoms with van der Waals surface area (Å²) in [7, 11) is -3.84. The lowest BCUT2D eigenvalue weighted by atomic mass is 10.2. The Hall–Kier alpha value is -1.55. The number of benzene rings is 2. The standard InChI is InChI=1S/C15H10BrClFN3O2S2/c1-8-7-9(16)5-6-12(8)25(22,23)21-15-20-19-14(24-15)13-10(17)3-2-4-11(13)18/h2-7H,1H3,(H,20,21). The van der Waals surface area contributed by atoms with E-state index in [1.807, 2.05) is 0 Å². The number of aryl methyl sites for hydroxylation is 1. The molecule has 0 aliphatic carbocycles. The van der Waals surface area contributed by atoms with E-state index in [0.717, 1.165) is 15.8 Å². The van der Waals surface area contributed by atoms with Gasteiger partial charge in [0.2, 0.25) is 5.13 Å². The Balaban J connectivity index is 1.93. The summed E-state index contributed by atoms with van der Waals surface area (Å²) in [5.41, 5.74) is 0.663. The molecule has 1 heterocycles. The molecular formula is C15H10BrClFN3O2S2. The molecule has 0 atom stereocenters. The van der Waals surface area contributed by atoms with Crippen LogP contribution in [0, 0.1) is 12.7 Å². The van der Waals surface area contributed by atoms with Gasteiger partial charge in [0.05, 0.1) is 15.5 Å². The van der Waals surface area contributed by atoms with Crippen molar-refractivity contribution < 1.29 is 12.8 Å². The molecule has 0 saturated heterocycles. The molecule has 0 bridgehead atoms. The van der Waals surface area contributed by atoms with Crippen LogP contribution in [-0.2, 0) is 10.0 Å². The van der Waals surface area contributed by atoms with Gasteiger partial charge in [-0.2, -0.15) is 0 Å². The quantitative estimate of drug-likeness (QED) is 0.600. The van der Waals surface area contributed by atoms with Crippen LogP contribution in [0.15, 0.2) is 45.8 Å². The van der Waals surface area contributed by atoms with Gasteiger partial charge in [0, 0.05) is 4.47 Å². The SMILES string of the molecule is Cc1cc(Br)ccc1S(=O)(=O)Nc1nnc(-c2c(F)cccc2Cl)s1.